The molecule has 0 amide bonds. The first-order chi connectivity index (χ1) is 9.36. The topological polar surface area (TPSA) is 9.23 Å². The van der Waals surface area contributed by atoms with Crippen molar-refractivity contribution in [2.24, 2.45) is 0 Å². The molecule has 102 valence electrons. The number of halogens is 1. The molecular formula is C17H21BrO. The van der Waals surface area contributed by atoms with Gasteiger partial charge in [-0.25, -0.2) is 0 Å². The lowest BCUT2D eigenvalue weighted by Gasteiger charge is -2.12. The summed E-state index contributed by atoms with van der Waals surface area (Å²) in [4.78, 5) is 0. The molecule has 1 nitrogen and oxygen atoms in total. The van der Waals surface area contributed by atoms with Crippen molar-refractivity contribution in [1.82, 2.24) is 0 Å². The third kappa shape index (κ3) is 3.73. The van der Waals surface area contributed by atoms with Gasteiger partial charge in [-0.15, -0.1) is 0 Å². The third-order valence-corrected chi connectivity index (χ3v) is 3.95. The highest BCUT2D eigenvalue weighted by Gasteiger charge is 2.07. The van der Waals surface area contributed by atoms with Crippen LogP contribution in [-0.4, -0.2) is 6.61 Å². The number of alkyl halides is 1. The van der Waals surface area contributed by atoms with E-state index < -0.39 is 0 Å². The van der Waals surface area contributed by atoms with Gasteiger partial charge < -0.3 is 4.74 Å². The Morgan fingerprint density at radius 3 is 2.63 bits per heavy atom. The Hall–Kier alpha value is -1.02. The van der Waals surface area contributed by atoms with E-state index in [9.17, 15) is 0 Å². The van der Waals surface area contributed by atoms with Gasteiger partial charge in [-0.2, -0.15) is 0 Å². The molecule has 0 unspecified atom stereocenters. The molecule has 0 aliphatic carbocycles. The van der Waals surface area contributed by atoms with Crippen LogP contribution in [-0.2, 0) is 5.33 Å². The van der Waals surface area contributed by atoms with Crippen LogP contribution in [0.4, 0.5) is 0 Å². The van der Waals surface area contributed by atoms with Crippen molar-refractivity contribution in [3.8, 4) is 5.75 Å². The molecule has 2 aromatic rings. The Morgan fingerprint density at radius 2 is 1.84 bits per heavy atom. The van der Waals surface area contributed by atoms with E-state index in [0.29, 0.717) is 0 Å². The summed E-state index contributed by atoms with van der Waals surface area (Å²) >= 11 is 3.58. The molecule has 2 heteroatoms. The molecule has 0 spiro atoms. The predicted octanol–water partition coefficient (Wildman–Crippen LogP) is 5.69. The van der Waals surface area contributed by atoms with Crippen LogP contribution in [0, 0.1) is 0 Å². The van der Waals surface area contributed by atoms with E-state index in [4.69, 9.17) is 4.74 Å². The van der Waals surface area contributed by atoms with Gasteiger partial charge in [0.1, 0.15) is 5.75 Å². The zero-order chi connectivity index (χ0) is 13.5. The van der Waals surface area contributed by atoms with Gasteiger partial charge in [0.2, 0.25) is 0 Å². The number of fused-ring (bicyclic) bond motifs is 1. The maximum Gasteiger partial charge on any atom is 0.123 e. The van der Waals surface area contributed by atoms with Crippen molar-refractivity contribution < 1.29 is 4.74 Å². The number of unbranched alkanes of at least 4 members (excludes halogenated alkanes) is 3. The fourth-order valence-electron chi connectivity index (χ4n) is 2.30. The van der Waals surface area contributed by atoms with Crippen LogP contribution in [0.3, 0.4) is 0 Å². The first-order valence-corrected chi connectivity index (χ1v) is 8.18. The Morgan fingerprint density at radius 1 is 1.00 bits per heavy atom. The van der Waals surface area contributed by atoms with Gasteiger partial charge in [0.15, 0.2) is 0 Å². The molecule has 19 heavy (non-hydrogen) atoms. The molecule has 0 atom stereocenters. The van der Waals surface area contributed by atoms with Crippen LogP contribution in [0.1, 0.15) is 38.2 Å². The van der Waals surface area contributed by atoms with E-state index >= 15 is 0 Å². The fourth-order valence-corrected chi connectivity index (χ4v) is 2.88. The molecule has 0 aliphatic rings. The quantitative estimate of drug-likeness (QED) is 0.470. The van der Waals surface area contributed by atoms with Gasteiger partial charge in [-0.3, -0.25) is 0 Å². The van der Waals surface area contributed by atoms with Gasteiger partial charge in [-0.05, 0) is 23.3 Å². The normalized spacial score (nSPS) is 10.8. The van der Waals surface area contributed by atoms with Gasteiger partial charge in [0, 0.05) is 10.9 Å². The van der Waals surface area contributed by atoms with Gasteiger partial charge in [-0.1, -0.05) is 72.4 Å². The van der Waals surface area contributed by atoms with Crippen molar-refractivity contribution >= 4 is 26.7 Å². The second-order valence-corrected chi connectivity index (χ2v) is 5.37. The largest absolute Gasteiger partial charge is 0.493 e. The van der Waals surface area contributed by atoms with E-state index in [1.165, 1.54) is 35.6 Å². The molecule has 2 aromatic carbocycles. The molecule has 0 N–H and O–H groups in total. The van der Waals surface area contributed by atoms with Gasteiger partial charge >= 0.3 is 0 Å². The number of hydrogen-bond acceptors (Lipinski definition) is 1. The Labute approximate surface area is 124 Å². The summed E-state index contributed by atoms with van der Waals surface area (Å²) in [6.45, 7) is 3.05. The first kappa shape index (κ1) is 14.4. The molecule has 0 bridgehead atoms. The van der Waals surface area contributed by atoms with Crippen LogP contribution in [0.25, 0.3) is 10.8 Å². The van der Waals surface area contributed by atoms with E-state index in [1.54, 1.807) is 0 Å². The predicted molar refractivity (Wildman–Crippen MR) is 86.2 cm³/mol. The molecule has 0 aliphatic heterocycles. The summed E-state index contributed by atoms with van der Waals surface area (Å²) in [6.07, 6.45) is 4.96. The average Bonchev–Trinajstić information content (AvgIpc) is 2.46. The number of hydrogen-bond donors (Lipinski definition) is 0. The molecule has 0 radical (unpaired) electrons. The number of rotatable bonds is 7. The molecule has 0 aromatic heterocycles. The molecular weight excluding hydrogens is 300 g/mol. The second kappa shape index (κ2) is 7.54. The summed E-state index contributed by atoms with van der Waals surface area (Å²) in [5, 5.41) is 3.39. The summed E-state index contributed by atoms with van der Waals surface area (Å²) in [5.41, 5.74) is 1.26. The molecule has 0 saturated carbocycles. The van der Waals surface area contributed by atoms with Crippen LogP contribution in [0.15, 0.2) is 36.4 Å². The molecule has 0 fully saturated rings. The van der Waals surface area contributed by atoms with E-state index in [0.717, 1.165) is 24.1 Å². The minimum atomic E-state index is 0.818. The van der Waals surface area contributed by atoms with Crippen molar-refractivity contribution in [2.45, 2.75) is 37.9 Å². The first-order valence-electron chi connectivity index (χ1n) is 7.06. The fraction of sp³-hybridized carbons (Fsp3) is 0.412. The standard InChI is InChI=1S/C17H21BrO/c1-2-3-4-7-12-19-17-11-10-14-8-5-6-9-15(14)16(17)13-18/h5-6,8-11H,2-4,7,12-13H2,1H3. The highest BCUT2D eigenvalue weighted by atomic mass is 79.9. The highest BCUT2D eigenvalue weighted by Crippen LogP contribution is 2.30. The highest BCUT2D eigenvalue weighted by molar-refractivity contribution is 9.08. The smallest absolute Gasteiger partial charge is 0.123 e. The summed E-state index contributed by atoms with van der Waals surface area (Å²) in [5.74, 6) is 1.02. The number of benzene rings is 2. The van der Waals surface area contributed by atoms with Crippen molar-refractivity contribution in [3.05, 3.63) is 42.0 Å². The van der Waals surface area contributed by atoms with Crippen LogP contribution in [0.2, 0.25) is 0 Å². The maximum absolute atomic E-state index is 5.95. The van der Waals surface area contributed by atoms with E-state index in [2.05, 4.69) is 59.3 Å². The maximum atomic E-state index is 5.95. The summed E-state index contributed by atoms with van der Waals surface area (Å²) in [7, 11) is 0. The lowest BCUT2D eigenvalue weighted by Crippen LogP contribution is -2.00. The minimum absolute atomic E-state index is 0.818. The Kier molecular flexibility index (Phi) is 5.71. The lowest BCUT2D eigenvalue weighted by molar-refractivity contribution is 0.303. The van der Waals surface area contributed by atoms with Crippen molar-refractivity contribution in [3.63, 3.8) is 0 Å². The Bertz CT molecular complexity index is 522. The van der Waals surface area contributed by atoms with Gasteiger partial charge in [0.05, 0.1) is 6.61 Å². The molecule has 2 rings (SSSR count). The van der Waals surface area contributed by atoms with Crippen LogP contribution >= 0.6 is 15.9 Å². The second-order valence-electron chi connectivity index (χ2n) is 4.81. The monoisotopic (exact) mass is 320 g/mol. The van der Waals surface area contributed by atoms with Crippen molar-refractivity contribution in [2.75, 3.05) is 6.61 Å². The molecule has 0 saturated heterocycles. The van der Waals surface area contributed by atoms with E-state index in [1.807, 2.05) is 0 Å². The van der Waals surface area contributed by atoms with Crippen molar-refractivity contribution in [1.29, 1.82) is 0 Å². The van der Waals surface area contributed by atoms with Crippen LogP contribution < -0.4 is 4.74 Å². The lowest BCUT2D eigenvalue weighted by atomic mass is 10.0. The minimum Gasteiger partial charge on any atom is -0.493 e. The average molecular weight is 321 g/mol. The Balaban J connectivity index is 2.10. The van der Waals surface area contributed by atoms with Crippen LogP contribution in [0.5, 0.6) is 5.75 Å². The third-order valence-electron chi connectivity index (χ3n) is 3.39. The summed E-state index contributed by atoms with van der Waals surface area (Å²) < 4.78 is 5.95. The summed E-state index contributed by atoms with van der Waals surface area (Å²) in [6, 6.07) is 12.7. The van der Waals surface area contributed by atoms with Gasteiger partial charge in [0.25, 0.3) is 0 Å². The molecule has 0 heterocycles. The zero-order valence-corrected chi connectivity index (χ0v) is 13.1. The van der Waals surface area contributed by atoms with E-state index in [-0.39, 0.29) is 0 Å². The number of ether oxygens (including phenoxy) is 1. The SMILES string of the molecule is CCCCCCOc1ccc2ccccc2c1CBr. The zero-order valence-electron chi connectivity index (χ0n) is 11.5.